The van der Waals surface area contributed by atoms with Crippen molar-refractivity contribution in [1.29, 1.82) is 0 Å². The van der Waals surface area contributed by atoms with Crippen LogP contribution in [-0.2, 0) is 10.0 Å². The average Bonchev–Trinajstić information content (AvgIpc) is 2.53. The van der Waals surface area contributed by atoms with E-state index in [1.54, 1.807) is 12.1 Å². The molecule has 0 bridgehead atoms. The number of rotatable bonds is 6. The zero-order valence-electron chi connectivity index (χ0n) is 13.4. The molecule has 1 amide bonds. The summed E-state index contributed by atoms with van der Waals surface area (Å²) in [7, 11) is -3.91. The van der Waals surface area contributed by atoms with E-state index < -0.39 is 15.8 Å². The molecule has 0 aromatic heterocycles. The zero-order chi connectivity index (χ0) is 17.7. The topological polar surface area (TPSA) is 75.3 Å². The number of carbonyl (C=O) groups is 1. The molecule has 0 fully saturated rings. The van der Waals surface area contributed by atoms with E-state index in [0.29, 0.717) is 6.54 Å². The van der Waals surface area contributed by atoms with E-state index in [-0.39, 0.29) is 28.0 Å². The van der Waals surface area contributed by atoms with Gasteiger partial charge in [-0.15, -0.1) is 0 Å². The molecule has 0 radical (unpaired) electrons. The van der Waals surface area contributed by atoms with Crippen molar-refractivity contribution in [2.75, 3.05) is 11.3 Å². The largest absolute Gasteiger partial charge is 0.352 e. The second kappa shape index (κ2) is 7.44. The molecule has 2 aromatic carbocycles. The molecule has 0 unspecified atom stereocenters. The number of para-hydroxylation sites is 1. The summed E-state index contributed by atoms with van der Waals surface area (Å²) in [5.74, 6) is -0.611. The number of hydrogen-bond donors (Lipinski definition) is 2. The minimum Gasteiger partial charge on any atom is -0.352 e. The summed E-state index contributed by atoms with van der Waals surface area (Å²) in [6.45, 7) is 4.41. The first-order valence-corrected chi connectivity index (χ1v) is 8.93. The number of halogens is 1. The van der Waals surface area contributed by atoms with Gasteiger partial charge in [0.1, 0.15) is 5.82 Å². The molecule has 0 saturated carbocycles. The fourth-order valence-electron chi connectivity index (χ4n) is 1.98. The van der Waals surface area contributed by atoms with Gasteiger partial charge in [0.25, 0.3) is 15.9 Å². The molecule has 128 valence electrons. The van der Waals surface area contributed by atoms with Gasteiger partial charge < -0.3 is 5.32 Å². The summed E-state index contributed by atoms with van der Waals surface area (Å²) in [6.07, 6.45) is 0. The van der Waals surface area contributed by atoms with E-state index in [4.69, 9.17) is 0 Å². The third-order valence-corrected chi connectivity index (χ3v) is 4.59. The normalized spacial score (nSPS) is 11.3. The van der Waals surface area contributed by atoms with Crippen LogP contribution in [0.5, 0.6) is 0 Å². The van der Waals surface area contributed by atoms with Crippen molar-refractivity contribution >= 4 is 21.6 Å². The van der Waals surface area contributed by atoms with E-state index in [2.05, 4.69) is 10.0 Å². The van der Waals surface area contributed by atoms with Gasteiger partial charge in [-0.3, -0.25) is 9.52 Å². The Morgan fingerprint density at radius 3 is 2.33 bits per heavy atom. The molecule has 0 heterocycles. The van der Waals surface area contributed by atoms with Crippen LogP contribution in [-0.4, -0.2) is 20.9 Å². The third-order valence-electron chi connectivity index (χ3n) is 3.21. The van der Waals surface area contributed by atoms with E-state index in [9.17, 15) is 17.6 Å². The minimum absolute atomic E-state index is 0.0821. The van der Waals surface area contributed by atoms with Crippen LogP contribution in [0, 0.1) is 11.7 Å². The fourth-order valence-corrected chi connectivity index (χ4v) is 3.06. The molecule has 2 rings (SSSR count). The highest BCUT2D eigenvalue weighted by molar-refractivity contribution is 7.92. The van der Waals surface area contributed by atoms with E-state index in [1.807, 2.05) is 13.8 Å². The molecule has 24 heavy (non-hydrogen) atoms. The lowest BCUT2D eigenvalue weighted by molar-refractivity contribution is 0.0950. The highest BCUT2D eigenvalue weighted by atomic mass is 32.2. The maximum Gasteiger partial charge on any atom is 0.261 e. The number of anilines is 1. The predicted octanol–water partition coefficient (Wildman–Crippen LogP) is 3.01. The van der Waals surface area contributed by atoms with Crippen LogP contribution in [0.15, 0.2) is 53.4 Å². The molecular formula is C17H19FN2O3S. The summed E-state index contributed by atoms with van der Waals surface area (Å²) in [6, 6.07) is 10.8. The van der Waals surface area contributed by atoms with Gasteiger partial charge >= 0.3 is 0 Å². The quantitative estimate of drug-likeness (QED) is 0.841. The summed E-state index contributed by atoms with van der Waals surface area (Å²) in [5, 5.41) is 2.75. The minimum atomic E-state index is -3.91. The number of carbonyl (C=O) groups excluding carboxylic acids is 1. The average molecular weight is 350 g/mol. The highest BCUT2D eigenvalue weighted by Crippen LogP contribution is 2.20. The van der Waals surface area contributed by atoms with E-state index >= 15 is 0 Å². The van der Waals surface area contributed by atoms with Gasteiger partial charge in [-0.05, 0) is 42.3 Å². The fraction of sp³-hybridized carbons (Fsp3) is 0.235. The lowest BCUT2D eigenvalue weighted by Gasteiger charge is -2.13. The molecule has 2 aromatic rings. The van der Waals surface area contributed by atoms with Crippen LogP contribution in [0.25, 0.3) is 0 Å². The van der Waals surface area contributed by atoms with Gasteiger partial charge in [0, 0.05) is 6.54 Å². The monoisotopic (exact) mass is 350 g/mol. The number of nitrogens with one attached hydrogen (secondary N) is 2. The first kappa shape index (κ1) is 17.9. The van der Waals surface area contributed by atoms with Crippen LogP contribution < -0.4 is 10.0 Å². The number of amides is 1. The first-order chi connectivity index (χ1) is 11.3. The van der Waals surface area contributed by atoms with Crippen LogP contribution >= 0.6 is 0 Å². The molecule has 0 aliphatic rings. The molecule has 7 heteroatoms. The van der Waals surface area contributed by atoms with Crippen molar-refractivity contribution in [3.05, 3.63) is 59.9 Å². The summed E-state index contributed by atoms with van der Waals surface area (Å²) in [5.41, 5.74) is 0.395. The molecular weight excluding hydrogens is 331 g/mol. The Morgan fingerprint density at radius 1 is 1.08 bits per heavy atom. The first-order valence-electron chi connectivity index (χ1n) is 7.45. The SMILES string of the molecule is CC(C)CNC(=O)c1ccccc1NS(=O)(=O)c1ccc(F)cc1. The van der Waals surface area contributed by atoms with Crippen molar-refractivity contribution in [2.45, 2.75) is 18.7 Å². The maximum absolute atomic E-state index is 13.0. The van der Waals surface area contributed by atoms with Crippen molar-refractivity contribution < 1.29 is 17.6 Å². The second-order valence-electron chi connectivity index (χ2n) is 5.71. The maximum atomic E-state index is 13.0. The Balaban J connectivity index is 2.26. The van der Waals surface area contributed by atoms with Gasteiger partial charge in [0.15, 0.2) is 0 Å². The highest BCUT2D eigenvalue weighted by Gasteiger charge is 2.18. The Hall–Kier alpha value is -2.41. The van der Waals surface area contributed by atoms with Crippen molar-refractivity contribution in [3.8, 4) is 0 Å². The van der Waals surface area contributed by atoms with Crippen LogP contribution in [0.2, 0.25) is 0 Å². The Bertz CT molecular complexity index is 818. The Morgan fingerprint density at radius 2 is 1.71 bits per heavy atom. The van der Waals surface area contributed by atoms with Crippen LogP contribution in [0.1, 0.15) is 24.2 Å². The summed E-state index contributed by atoms with van der Waals surface area (Å²) >= 11 is 0. The van der Waals surface area contributed by atoms with Crippen molar-refractivity contribution in [2.24, 2.45) is 5.92 Å². The predicted molar refractivity (Wildman–Crippen MR) is 90.8 cm³/mol. The third kappa shape index (κ3) is 4.55. The molecule has 0 spiro atoms. The van der Waals surface area contributed by atoms with Gasteiger partial charge in [0.05, 0.1) is 16.1 Å². The molecule has 0 saturated heterocycles. The number of benzene rings is 2. The Kier molecular flexibility index (Phi) is 5.56. The van der Waals surface area contributed by atoms with Crippen molar-refractivity contribution in [1.82, 2.24) is 5.32 Å². The van der Waals surface area contributed by atoms with E-state index in [0.717, 1.165) is 12.1 Å². The summed E-state index contributed by atoms with van der Waals surface area (Å²) < 4.78 is 40.1. The molecule has 5 nitrogen and oxygen atoms in total. The number of hydrogen-bond acceptors (Lipinski definition) is 3. The molecule has 0 aliphatic carbocycles. The van der Waals surface area contributed by atoms with Gasteiger partial charge in [0.2, 0.25) is 0 Å². The summed E-state index contributed by atoms with van der Waals surface area (Å²) in [4.78, 5) is 12.2. The smallest absolute Gasteiger partial charge is 0.261 e. The second-order valence-corrected chi connectivity index (χ2v) is 7.39. The molecule has 2 N–H and O–H groups in total. The molecule has 0 atom stereocenters. The standard InChI is InChI=1S/C17H19FN2O3S/c1-12(2)11-19-17(21)15-5-3-4-6-16(15)20-24(22,23)14-9-7-13(18)8-10-14/h3-10,12,20H,11H2,1-2H3,(H,19,21). The van der Waals surface area contributed by atoms with E-state index in [1.165, 1.54) is 24.3 Å². The van der Waals surface area contributed by atoms with Gasteiger partial charge in [-0.2, -0.15) is 0 Å². The van der Waals surface area contributed by atoms with Crippen LogP contribution in [0.4, 0.5) is 10.1 Å². The lowest BCUT2D eigenvalue weighted by atomic mass is 10.1. The number of sulfonamides is 1. The van der Waals surface area contributed by atoms with Crippen LogP contribution in [0.3, 0.4) is 0 Å². The van der Waals surface area contributed by atoms with Crippen molar-refractivity contribution in [3.63, 3.8) is 0 Å². The van der Waals surface area contributed by atoms with Gasteiger partial charge in [-0.1, -0.05) is 26.0 Å². The Labute approximate surface area is 141 Å². The molecule has 0 aliphatic heterocycles. The lowest BCUT2D eigenvalue weighted by Crippen LogP contribution is -2.28. The zero-order valence-corrected chi connectivity index (χ0v) is 14.2. The van der Waals surface area contributed by atoms with Gasteiger partial charge in [-0.25, -0.2) is 12.8 Å².